The zero-order valence-corrected chi connectivity index (χ0v) is 11.3. The van der Waals surface area contributed by atoms with E-state index in [4.69, 9.17) is 15.7 Å². The average Bonchev–Trinajstić information content (AvgIpc) is 2.46. The van der Waals surface area contributed by atoms with Gasteiger partial charge in [0.05, 0.1) is 12.6 Å². The van der Waals surface area contributed by atoms with Gasteiger partial charge in [0.2, 0.25) is 0 Å². The van der Waals surface area contributed by atoms with E-state index in [1.54, 1.807) is 31.2 Å². The summed E-state index contributed by atoms with van der Waals surface area (Å²) in [6.07, 6.45) is 0.499. The van der Waals surface area contributed by atoms with Crippen molar-refractivity contribution in [2.24, 2.45) is 10.9 Å². The molecular formula is C13H19N3O3. The van der Waals surface area contributed by atoms with Crippen molar-refractivity contribution in [1.82, 2.24) is 5.32 Å². The summed E-state index contributed by atoms with van der Waals surface area (Å²) in [6, 6.07) is 6.76. The molecule has 0 aliphatic carbocycles. The van der Waals surface area contributed by atoms with Crippen LogP contribution in [0.5, 0.6) is 5.75 Å². The fraction of sp³-hybridized carbons (Fsp3) is 0.385. The maximum atomic E-state index is 12.1. The molecule has 1 unspecified atom stereocenters. The largest absolute Gasteiger partial charge is 0.497 e. The molecule has 1 atom stereocenters. The van der Waals surface area contributed by atoms with Crippen LogP contribution < -0.4 is 15.8 Å². The van der Waals surface area contributed by atoms with Gasteiger partial charge in [0, 0.05) is 5.56 Å². The summed E-state index contributed by atoms with van der Waals surface area (Å²) in [5.41, 5.74) is 5.16. The van der Waals surface area contributed by atoms with Gasteiger partial charge in [0.15, 0.2) is 5.84 Å². The number of nitrogens with one attached hydrogen (secondary N) is 1. The molecule has 0 aromatic heterocycles. The third-order valence-electron chi connectivity index (χ3n) is 3.10. The van der Waals surface area contributed by atoms with Crippen LogP contribution in [0.3, 0.4) is 0 Å². The van der Waals surface area contributed by atoms with Crippen molar-refractivity contribution in [3.63, 3.8) is 0 Å². The minimum atomic E-state index is -0.894. The van der Waals surface area contributed by atoms with Crippen LogP contribution in [0, 0.1) is 0 Å². The molecule has 0 bridgehead atoms. The average molecular weight is 265 g/mol. The van der Waals surface area contributed by atoms with Crippen LogP contribution in [0.4, 0.5) is 0 Å². The Hall–Kier alpha value is -2.24. The van der Waals surface area contributed by atoms with Crippen molar-refractivity contribution in [2.75, 3.05) is 7.11 Å². The molecule has 104 valence electrons. The number of methoxy groups -OCH3 is 1. The molecule has 0 aliphatic heterocycles. The molecule has 6 nitrogen and oxygen atoms in total. The summed E-state index contributed by atoms with van der Waals surface area (Å²) in [4.78, 5) is 12.1. The van der Waals surface area contributed by atoms with E-state index in [2.05, 4.69) is 10.5 Å². The lowest BCUT2D eigenvalue weighted by molar-refractivity contribution is 0.0924. The first-order chi connectivity index (χ1) is 8.96. The number of nitrogens with two attached hydrogens (primary N) is 1. The van der Waals surface area contributed by atoms with E-state index in [1.807, 2.05) is 6.92 Å². The minimum Gasteiger partial charge on any atom is -0.497 e. The standard InChI is InChI=1S/C13H19N3O3/c1-4-13(2,12(14)16-18)15-11(17)9-6-5-7-10(8-9)19-3/h5-8,18H,4H2,1-3H3,(H2,14,16)(H,15,17). The van der Waals surface area contributed by atoms with Crippen LogP contribution in [0.1, 0.15) is 30.6 Å². The quantitative estimate of drug-likeness (QED) is 0.324. The Morgan fingerprint density at radius 2 is 2.26 bits per heavy atom. The predicted molar refractivity (Wildman–Crippen MR) is 72.6 cm³/mol. The number of amidine groups is 1. The highest BCUT2D eigenvalue weighted by Crippen LogP contribution is 2.15. The van der Waals surface area contributed by atoms with Crippen LogP contribution in [-0.2, 0) is 0 Å². The number of hydrogen-bond donors (Lipinski definition) is 3. The molecule has 1 amide bonds. The van der Waals surface area contributed by atoms with Crippen molar-refractivity contribution >= 4 is 11.7 Å². The molecule has 0 saturated carbocycles. The summed E-state index contributed by atoms with van der Waals surface area (Å²) >= 11 is 0. The van der Waals surface area contributed by atoms with E-state index in [1.165, 1.54) is 7.11 Å². The Labute approximate surface area is 112 Å². The molecule has 0 spiro atoms. The molecule has 0 aliphatic rings. The lowest BCUT2D eigenvalue weighted by atomic mass is 9.97. The van der Waals surface area contributed by atoms with Crippen LogP contribution in [0.15, 0.2) is 29.4 Å². The summed E-state index contributed by atoms with van der Waals surface area (Å²) in [7, 11) is 1.53. The number of amides is 1. The first-order valence-electron chi connectivity index (χ1n) is 5.91. The van der Waals surface area contributed by atoms with E-state index in [0.29, 0.717) is 17.7 Å². The number of benzene rings is 1. The first kappa shape index (κ1) is 14.8. The highest BCUT2D eigenvalue weighted by molar-refractivity contribution is 6.00. The Kier molecular flexibility index (Phi) is 4.74. The highest BCUT2D eigenvalue weighted by Gasteiger charge is 2.29. The van der Waals surface area contributed by atoms with Gasteiger partial charge in [-0.3, -0.25) is 4.79 Å². The number of hydrogen-bond acceptors (Lipinski definition) is 4. The Bertz CT molecular complexity index is 488. The maximum absolute atomic E-state index is 12.1. The van der Waals surface area contributed by atoms with Gasteiger partial charge in [-0.15, -0.1) is 0 Å². The topological polar surface area (TPSA) is 96.9 Å². The second-order valence-corrected chi connectivity index (χ2v) is 4.36. The van der Waals surface area contributed by atoms with Crippen molar-refractivity contribution in [1.29, 1.82) is 0 Å². The second-order valence-electron chi connectivity index (χ2n) is 4.36. The SMILES string of the molecule is CCC(C)(NC(=O)c1cccc(OC)c1)/C(N)=N/O. The normalized spacial score (nSPS) is 14.6. The van der Waals surface area contributed by atoms with Gasteiger partial charge in [-0.25, -0.2) is 0 Å². The third kappa shape index (κ3) is 3.37. The van der Waals surface area contributed by atoms with Gasteiger partial charge in [-0.1, -0.05) is 18.1 Å². The summed E-state index contributed by atoms with van der Waals surface area (Å²) in [5.74, 6) is 0.246. The van der Waals surface area contributed by atoms with Crippen LogP contribution in [0.2, 0.25) is 0 Å². The molecule has 0 heterocycles. The predicted octanol–water partition coefficient (Wildman–Crippen LogP) is 1.34. The van der Waals surface area contributed by atoms with Crippen molar-refractivity contribution in [3.8, 4) is 5.75 Å². The van der Waals surface area contributed by atoms with E-state index >= 15 is 0 Å². The molecule has 1 aromatic carbocycles. The lowest BCUT2D eigenvalue weighted by Gasteiger charge is -2.28. The maximum Gasteiger partial charge on any atom is 0.252 e. The Morgan fingerprint density at radius 1 is 1.58 bits per heavy atom. The summed E-state index contributed by atoms with van der Waals surface area (Å²) in [6.45, 7) is 3.53. The van der Waals surface area contributed by atoms with Crippen molar-refractivity contribution in [3.05, 3.63) is 29.8 Å². The molecule has 6 heteroatoms. The Balaban J connectivity index is 2.94. The highest BCUT2D eigenvalue weighted by atomic mass is 16.5. The van der Waals surface area contributed by atoms with Gasteiger partial charge in [0.1, 0.15) is 5.75 Å². The third-order valence-corrected chi connectivity index (χ3v) is 3.10. The number of ether oxygens (including phenoxy) is 1. The monoisotopic (exact) mass is 265 g/mol. The van der Waals surface area contributed by atoms with Gasteiger partial charge in [-0.2, -0.15) is 0 Å². The molecule has 0 radical (unpaired) electrons. The first-order valence-corrected chi connectivity index (χ1v) is 5.91. The van der Waals surface area contributed by atoms with Gasteiger partial charge >= 0.3 is 0 Å². The van der Waals surface area contributed by atoms with Gasteiger partial charge in [0.25, 0.3) is 5.91 Å². The molecule has 19 heavy (non-hydrogen) atoms. The van der Waals surface area contributed by atoms with E-state index in [0.717, 1.165) is 0 Å². The smallest absolute Gasteiger partial charge is 0.252 e. The lowest BCUT2D eigenvalue weighted by Crippen LogP contribution is -2.55. The molecule has 0 fully saturated rings. The molecule has 1 aromatic rings. The van der Waals surface area contributed by atoms with Crippen LogP contribution in [0.25, 0.3) is 0 Å². The van der Waals surface area contributed by atoms with E-state index in [-0.39, 0.29) is 11.7 Å². The number of oxime groups is 1. The van der Waals surface area contributed by atoms with E-state index < -0.39 is 5.54 Å². The molecule has 4 N–H and O–H groups in total. The van der Waals surface area contributed by atoms with Crippen LogP contribution >= 0.6 is 0 Å². The Morgan fingerprint density at radius 3 is 2.79 bits per heavy atom. The molecule has 0 saturated heterocycles. The zero-order valence-electron chi connectivity index (χ0n) is 11.3. The zero-order chi connectivity index (χ0) is 14.5. The number of rotatable bonds is 5. The number of carbonyl (C=O) groups is 1. The summed E-state index contributed by atoms with van der Waals surface area (Å²) in [5, 5.41) is 14.5. The van der Waals surface area contributed by atoms with E-state index in [9.17, 15) is 4.79 Å². The van der Waals surface area contributed by atoms with Gasteiger partial charge in [-0.05, 0) is 31.5 Å². The van der Waals surface area contributed by atoms with Crippen LogP contribution in [-0.4, -0.2) is 29.6 Å². The fourth-order valence-corrected chi connectivity index (χ4v) is 1.53. The van der Waals surface area contributed by atoms with Crippen molar-refractivity contribution in [2.45, 2.75) is 25.8 Å². The molecular weight excluding hydrogens is 246 g/mol. The second kappa shape index (κ2) is 6.08. The fourth-order valence-electron chi connectivity index (χ4n) is 1.53. The van der Waals surface area contributed by atoms with Gasteiger partial charge < -0.3 is 21.0 Å². The minimum absolute atomic E-state index is 0.0359. The number of carbonyl (C=O) groups excluding carboxylic acids is 1. The molecule has 1 rings (SSSR count). The summed E-state index contributed by atoms with van der Waals surface area (Å²) < 4.78 is 5.06. The number of nitrogens with zero attached hydrogens (tertiary/aromatic N) is 1. The van der Waals surface area contributed by atoms with Crippen molar-refractivity contribution < 1.29 is 14.7 Å².